The van der Waals surface area contributed by atoms with Crippen molar-refractivity contribution in [2.24, 2.45) is 4.99 Å². The van der Waals surface area contributed by atoms with Crippen molar-refractivity contribution in [3.63, 3.8) is 0 Å². The number of aliphatic imine (C=N–C) groups is 1. The quantitative estimate of drug-likeness (QED) is 0.568. The zero-order valence-corrected chi connectivity index (χ0v) is 9.80. The lowest BCUT2D eigenvalue weighted by Crippen LogP contribution is -2.39. The molecule has 0 saturated heterocycles. The van der Waals surface area contributed by atoms with Crippen molar-refractivity contribution in [3.8, 4) is 5.75 Å². The number of aliphatic hydroxyl groups is 3. The second-order valence-electron chi connectivity index (χ2n) is 3.66. The SMILES string of the molecule is OCC(CO)(CO)N=Cc1cc(Cl)ccc1O. The summed E-state index contributed by atoms with van der Waals surface area (Å²) in [7, 11) is 0. The van der Waals surface area contributed by atoms with Gasteiger partial charge in [-0.2, -0.15) is 0 Å². The van der Waals surface area contributed by atoms with Gasteiger partial charge in [-0.3, -0.25) is 4.99 Å². The van der Waals surface area contributed by atoms with Gasteiger partial charge in [-0.1, -0.05) is 11.6 Å². The van der Waals surface area contributed by atoms with Crippen molar-refractivity contribution in [2.45, 2.75) is 5.54 Å². The Labute approximate surface area is 104 Å². The lowest BCUT2D eigenvalue weighted by molar-refractivity contribution is 0.0718. The Morgan fingerprint density at radius 2 is 1.76 bits per heavy atom. The molecule has 4 N–H and O–H groups in total. The maximum absolute atomic E-state index is 9.51. The third-order valence-corrected chi connectivity index (χ3v) is 2.59. The number of hydrogen-bond donors (Lipinski definition) is 4. The fourth-order valence-corrected chi connectivity index (χ4v) is 1.29. The average Bonchev–Trinajstić information content (AvgIpc) is 2.35. The summed E-state index contributed by atoms with van der Waals surface area (Å²) in [6.45, 7) is -1.51. The predicted molar refractivity (Wildman–Crippen MR) is 64.7 cm³/mol. The number of aliphatic hydroxyl groups excluding tert-OH is 3. The molecule has 0 spiro atoms. The van der Waals surface area contributed by atoms with Gasteiger partial charge in [-0.05, 0) is 18.2 Å². The Morgan fingerprint density at radius 3 is 2.29 bits per heavy atom. The van der Waals surface area contributed by atoms with Crippen LogP contribution in [0.25, 0.3) is 0 Å². The third-order valence-electron chi connectivity index (χ3n) is 2.35. The van der Waals surface area contributed by atoms with Gasteiger partial charge in [0.05, 0.1) is 19.8 Å². The van der Waals surface area contributed by atoms with E-state index in [2.05, 4.69) is 4.99 Å². The van der Waals surface area contributed by atoms with Gasteiger partial charge in [0.2, 0.25) is 0 Å². The molecule has 0 aliphatic rings. The Kier molecular flexibility index (Phi) is 4.89. The molecule has 0 atom stereocenters. The van der Waals surface area contributed by atoms with Gasteiger partial charge in [0, 0.05) is 16.8 Å². The molecule has 94 valence electrons. The molecule has 0 fully saturated rings. The molecule has 0 heterocycles. The molecule has 1 aromatic rings. The lowest BCUT2D eigenvalue weighted by Gasteiger charge is -2.22. The molecule has 0 aliphatic heterocycles. The van der Waals surface area contributed by atoms with E-state index in [4.69, 9.17) is 26.9 Å². The van der Waals surface area contributed by atoms with Gasteiger partial charge in [-0.15, -0.1) is 0 Å². The van der Waals surface area contributed by atoms with Crippen LogP contribution < -0.4 is 0 Å². The molecule has 0 saturated carbocycles. The molecule has 17 heavy (non-hydrogen) atoms. The summed E-state index contributed by atoms with van der Waals surface area (Å²) < 4.78 is 0. The van der Waals surface area contributed by atoms with Crippen molar-refractivity contribution in [3.05, 3.63) is 28.8 Å². The monoisotopic (exact) mass is 259 g/mol. The van der Waals surface area contributed by atoms with Crippen LogP contribution in [0.15, 0.2) is 23.2 Å². The minimum absolute atomic E-state index is 0.0270. The first-order chi connectivity index (χ1) is 8.06. The van der Waals surface area contributed by atoms with E-state index in [9.17, 15) is 5.11 Å². The first kappa shape index (κ1) is 13.9. The number of benzene rings is 1. The number of phenolic OH excluding ortho intramolecular Hbond substituents is 1. The smallest absolute Gasteiger partial charge is 0.129 e. The minimum Gasteiger partial charge on any atom is -0.507 e. The van der Waals surface area contributed by atoms with Gasteiger partial charge in [-0.25, -0.2) is 0 Å². The first-order valence-corrected chi connectivity index (χ1v) is 5.31. The van der Waals surface area contributed by atoms with Crippen LogP contribution in [0.1, 0.15) is 5.56 Å². The van der Waals surface area contributed by atoms with Gasteiger partial charge in [0.15, 0.2) is 0 Å². The fourth-order valence-electron chi connectivity index (χ4n) is 1.11. The summed E-state index contributed by atoms with van der Waals surface area (Å²) in [5.41, 5.74) is -1.01. The summed E-state index contributed by atoms with van der Waals surface area (Å²) >= 11 is 5.75. The topological polar surface area (TPSA) is 93.3 Å². The van der Waals surface area contributed by atoms with Gasteiger partial charge >= 0.3 is 0 Å². The highest BCUT2D eigenvalue weighted by atomic mass is 35.5. The summed E-state index contributed by atoms with van der Waals surface area (Å²) in [5, 5.41) is 37.1. The maximum Gasteiger partial charge on any atom is 0.129 e. The summed E-state index contributed by atoms with van der Waals surface area (Å²) in [6, 6.07) is 4.41. The Bertz CT molecular complexity index is 396. The molecule has 0 amide bonds. The largest absolute Gasteiger partial charge is 0.507 e. The highest BCUT2D eigenvalue weighted by Crippen LogP contribution is 2.20. The number of aromatic hydroxyl groups is 1. The van der Waals surface area contributed by atoms with Gasteiger partial charge in [0.1, 0.15) is 11.3 Å². The van der Waals surface area contributed by atoms with Crippen molar-refractivity contribution < 1.29 is 20.4 Å². The molecular formula is C11H14ClNO4. The molecule has 0 aliphatic carbocycles. The van der Waals surface area contributed by atoms with E-state index in [1.807, 2.05) is 0 Å². The van der Waals surface area contributed by atoms with Crippen LogP contribution in [0.2, 0.25) is 5.02 Å². The molecule has 0 aromatic heterocycles. The average molecular weight is 260 g/mol. The van der Waals surface area contributed by atoms with E-state index >= 15 is 0 Å². The predicted octanol–water partition coefficient (Wildman–Crippen LogP) is 0.180. The molecule has 6 heteroatoms. The van der Waals surface area contributed by atoms with Crippen LogP contribution in [-0.4, -0.2) is 52.0 Å². The standard InChI is InChI=1S/C11H14ClNO4/c12-9-1-2-10(17)8(3-9)4-13-11(5-14,6-15)7-16/h1-4,14-17H,5-7H2. The molecule has 1 aromatic carbocycles. The number of halogens is 1. The van der Waals surface area contributed by atoms with E-state index in [-0.39, 0.29) is 5.75 Å². The van der Waals surface area contributed by atoms with Crippen LogP contribution in [0.3, 0.4) is 0 Å². The Morgan fingerprint density at radius 1 is 1.18 bits per heavy atom. The summed E-state index contributed by atoms with van der Waals surface area (Å²) in [5.74, 6) is -0.0270. The zero-order valence-electron chi connectivity index (χ0n) is 9.04. The van der Waals surface area contributed by atoms with Crippen LogP contribution in [-0.2, 0) is 0 Å². The number of phenols is 1. The van der Waals surface area contributed by atoms with Crippen molar-refractivity contribution in [2.75, 3.05) is 19.8 Å². The lowest BCUT2D eigenvalue weighted by atomic mass is 10.0. The molecule has 0 bridgehead atoms. The summed E-state index contributed by atoms with van der Waals surface area (Å²) in [4.78, 5) is 3.89. The van der Waals surface area contributed by atoms with E-state index in [0.29, 0.717) is 10.6 Å². The van der Waals surface area contributed by atoms with Gasteiger partial charge < -0.3 is 20.4 Å². The van der Waals surface area contributed by atoms with Crippen molar-refractivity contribution in [1.82, 2.24) is 0 Å². The minimum atomic E-state index is -1.35. The van der Waals surface area contributed by atoms with Gasteiger partial charge in [0.25, 0.3) is 0 Å². The molecule has 0 radical (unpaired) electrons. The van der Waals surface area contributed by atoms with Crippen LogP contribution >= 0.6 is 11.6 Å². The van der Waals surface area contributed by atoms with E-state index in [0.717, 1.165) is 0 Å². The van der Waals surface area contributed by atoms with Crippen LogP contribution in [0, 0.1) is 0 Å². The van der Waals surface area contributed by atoms with E-state index in [1.165, 1.54) is 24.4 Å². The number of nitrogens with zero attached hydrogens (tertiary/aromatic N) is 1. The van der Waals surface area contributed by atoms with Crippen LogP contribution in [0.4, 0.5) is 0 Å². The van der Waals surface area contributed by atoms with Crippen molar-refractivity contribution >= 4 is 17.8 Å². The third kappa shape index (κ3) is 3.41. The highest BCUT2D eigenvalue weighted by molar-refractivity contribution is 6.30. The van der Waals surface area contributed by atoms with Crippen LogP contribution in [0.5, 0.6) is 5.75 Å². The number of hydrogen-bond acceptors (Lipinski definition) is 5. The molecule has 5 nitrogen and oxygen atoms in total. The van der Waals surface area contributed by atoms with E-state index in [1.54, 1.807) is 0 Å². The molecule has 1 rings (SSSR count). The zero-order chi connectivity index (χ0) is 12.9. The molecule has 0 unspecified atom stereocenters. The molecular weight excluding hydrogens is 246 g/mol. The first-order valence-electron chi connectivity index (χ1n) is 4.93. The second-order valence-corrected chi connectivity index (χ2v) is 4.10. The normalized spacial score (nSPS) is 12.2. The Hall–Kier alpha value is -1.14. The maximum atomic E-state index is 9.51. The highest BCUT2D eigenvalue weighted by Gasteiger charge is 2.26. The number of rotatable bonds is 5. The van der Waals surface area contributed by atoms with Crippen molar-refractivity contribution in [1.29, 1.82) is 0 Å². The summed E-state index contributed by atoms with van der Waals surface area (Å²) in [6.07, 6.45) is 1.25. The van der Waals surface area contributed by atoms with E-state index < -0.39 is 25.4 Å². The second kappa shape index (κ2) is 5.97. The Balaban J connectivity index is 2.99. The fraction of sp³-hybridized carbons (Fsp3) is 0.364.